The lowest BCUT2D eigenvalue weighted by atomic mass is 10.2. The highest BCUT2D eigenvalue weighted by molar-refractivity contribution is 9.10. The van der Waals surface area contributed by atoms with Gasteiger partial charge in [0.25, 0.3) is 0 Å². The van der Waals surface area contributed by atoms with Crippen molar-refractivity contribution < 1.29 is 17.9 Å². The highest BCUT2D eigenvalue weighted by Gasteiger charge is 2.28. The van der Waals surface area contributed by atoms with Gasteiger partial charge >= 0.3 is 6.18 Å². The van der Waals surface area contributed by atoms with Crippen LogP contribution in [0.3, 0.4) is 0 Å². The van der Waals surface area contributed by atoms with Crippen LogP contribution in [0.1, 0.15) is 25.6 Å². The number of nitrogens with one attached hydrogen (secondary N) is 1. The van der Waals surface area contributed by atoms with Gasteiger partial charge in [0.05, 0.1) is 29.0 Å². The maximum absolute atomic E-state index is 12.1. The molecular formula is C11H17BrF3N3O. The summed E-state index contributed by atoms with van der Waals surface area (Å²) in [6, 6.07) is -0.329. The van der Waals surface area contributed by atoms with E-state index >= 15 is 0 Å². The molecule has 0 aliphatic carbocycles. The summed E-state index contributed by atoms with van der Waals surface area (Å²) in [7, 11) is 0. The van der Waals surface area contributed by atoms with E-state index in [9.17, 15) is 13.2 Å². The van der Waals surface area contributed by atoms with E-state index in [2.05, 4.69) is 26.3 Å². The smallest absolute Gasteiger partial charge is 0.370 e. The SMILES string of the molecule is CCNC(COCC(F)(F)F)c1c(Br)cnn1CC. The van der Waals surface area contributed by atoms with Crippen molar-refractivity contribution in [2.75, 3.05) is 19.8 Å². The predicted octanol–water partition coefficient (Wildman–Crippen LogP) is 2.90. The lowest BCUT2D eigenvalue weighted by molar-refractivity contribution is -0.175. The first-order chi connectivity index (χ1) is 8.89. The third-order valence-corrected chi connectivity index (χ3v) is 3.07. The number of nitrogens with zero attached hydrogens (tertiary/aromatic N) is 2. The summed E-state index contributed by atoms with van der Waals surface area (Å²) in [4.78, 5) is 0. The van der Waals surface area contributed by atoms with Crippen molar-refractivity contribution in [1.29, 1.82) is 0 Å². The van der Waals surface area contributed by atoms with Gasteiger partial charge < -0.3 is 10.1 Å². The Morgan fingerprint density at radius 2 is 2.16 bits per heavy atom. The first-order valence-corrected chi connectivity index (χ1v) is 6.77. The fourth-order valence-electron chi connectivity index (χ4n) is 1.74. The van der Waals surface area contributed by atoms with Crippen molar-refractivity contribution in [3.63, 3.8) is 0 Å². The summed E-state index contributed by atoms with van der Waals surface area (Å²) in [5.74, 6) is 0. The molecule has 0 radical (unpaired) electrons. The van der Waals surface area contributed by atoms with Crippen LogP contribution >= 0.6 is 15.9 Å². The monoisotopic (exact) mass is 343 g/mol. The quantitative estimate of drug-likeness (QED) is 0.827. The molecule has 0 saturated carbocycles. The number of ether oxygens (including phenoxy) is 1. The van der Waals surface area contributed by atoms with E-state index in [1.54, 1.807) is 10.9 Å². The lowest BCUT2D eigenvalue weighted by Gasteiger charge is -2.20. The van der Waals surface area contributed by atoms with Gasteiger partial charge in [0.2, 0.25) is 0 Å². The molecule has 19 heavy (non-hydrogen) atoms. The largest absolute Gasteiger partial charge is 0.411 e. The van der Waals surface area contributed by atoms with Crippen LogP contribution in [0.15, 0.2) is 10.7 Å². The summed E-state index contributed by atoms with van der Waals surface area (Å²) in [5, 5.41) is 7.25. The highest BCUT2D eigenvalue weighted by Crippen LogP contribution is 2.24. The zero-order valence-electron chi connectivity index (χ0n) is 10.8. The summed E-state index contributed by atoms with van der Waals surface area (Å²) in [5.41, 5.74) is 0.798. The zero-order valence-corrected chi connectivity index (χ0v) is 12.4. The number of hydrogen-bond acceptors (Lipinski definition) is 3. The molecule has 0 aromatic carbocycles. The van der Waals surface area contributed by atoms with Crippen molar-refractivity contribution in [2.45, 2.75) is 32.6 Å². The number of hydrogen-bond donors (Lipinski definition) is 1. The van der Waals surface area contributed by atoms with Crippen LogP contribution in [-0.2, 0) is 11.3 Å². The van der Waals surface area contributed by atoms with E-state index in [0.717, 1.165) is 10.2 Å². The van der Waals surface area contributed by atoms with Gasteiger partial charge in [0.1, 0.15) is 6.61 Å². The molecule has 0 saturated heterocycles. The van der Waals surface area contributed by atoms with E-state index < -0.39 is 12.8 Å². The first kappa shape index (κ1) is 16.5. The second kappa shape index (κ2) is 7.25. The van der Waals surface area contributed by atoms with Crippen molar-refractivity contribution in [3.8, 4) is 0 Å². The number of halogens is 4. The normalized spacial score (nSPS) is 13.8. The first-order valence-electron chi connectivity index (χ1n) is 5.98. The molecule has 1 aromatic heterocycles. The molecule has 1 unspecified atom stereocenters. The molecule has 0 amide bonds. The second-order valence-electron chi connectivity index (χ2n) is 3.93. The summed E-state index contributed by atoms with van der Waals surface area (Å²) < 4.78 is 43.5. The number of rotatable bonds is 7. The van der Waals surface area contributed by atoms with Crippen LogP contribution in [0.2, 0.25) is 0 Å². The summed E-state index contributed by atoms with van der Waals surface area (Å²) in [6.45, 7) is 3.77. The Kier molecular flexibility index (Phi) is 6.28. The molecule has 1 aromatic rings. The Labute approximate surface area is 118 Å². The Morgan fingerprint density at radius 1 is 1.47 bits per heavy atom. The van der Waals surface area contributed by atoms with Crippen molar-refractivity contribution in [1.82, 2.24) is 15.1 Å². The average Bonchev–Trinajstić information content (AvgIpc) is 2.68. The van der Waals surface area contributed by atoms with Crippen molar-refractivity contribution >= 4 is 15.9 Å². The molecule has 0 aliphatic rings. The van der Waals surface area contributed by atoms with Gasteiger partial charge in [-0.3, -0.25) is 4.68 Å². The minimum absolute atomic E-state index is 0.0579. The van der Waals surface area contributed by atoms with E-state index in [1.165, 1.54) is 0 Å². The molecule has 1 heterocycles. The van der Waals surface area contributed by atoms with Crippen LogP contribution in [0.4, 0.5) is 13.2 Å². The summed E-state index contributed by atoms with van der Waals surface area (Å²) >= 11 is 3.36. The Morgan fingerprint density at radius 3 is 2.68 bits per heavy atom. The van der Waals surface area contributed by atoms with Crippen molar-refractivity contribution in [3.05, 3.63) is 16.4 Å². The van der Waals surface area contributed by atoms with E-state index in [4.69, 9.17) is 4.74 Å². The molecule has 8 heteroatoms. The zero-order chi connectivity index (χ0) is 14.5. The number of aromatic nitrogens is 2. The number of alkyl halides is 3. The highest BCUT2D eigenvalue weighted by atomic mass is 79.9. The molecule has 4 nitrogen and oxygen atoms in total. The van der Waals surface area contributed by atoms with Crippen LogP contribution in [0.25, 0.3) is 0 Å². The maximum atomic E-state index is 12.1. The number of aryl methyl sites for hydroxylation is 1. The molecule has 110 valence electrons. The van der Waals surface area contributed by atoms with Gasteiger partial charge in [-0.25, -0.2) is 0 Å². The summed E-state index contributed by atoms with van der Waals surface area (Å²) in [6.07, 6.45) is -2.67. The second-order valence-corrected chi connectivity index (χ2v) is 4.79. The fourth-order valence-corrected chi connectivity index (χ4v) is 2.32. The van der Waals surface area contributed by atoms with Gasteiger partial charge in [0.15, 0.2) is 0 Å². The molecule has 0 aliphatic heterocycles. The van der Waals surface area contributed by atoms with Gasteiger partial charge in [-0.1, -0.05) is 6.92 Å². The Bertz CT molecular complexity index is 395. The van der Waals surface area contributed by atoms with E-state index in [1.807, 2.05) is 13.8 Å². The Balaban J connectivity index is 2.73. The molecule has 0 fully saturated rings. The molecule has 0 bridgehead atoms. The van der Waals surface area contributed by atoms with E-state index in [0.29, 0.717) is 13.1 Å². The van der Waals surface area contributed by atoms with Crippen LogP contribution in [0, 0.1) is 0 Å². The topological polar surface area (TPSA) is 39.1 Å². The third-order valence-electron chi connectivity index (χ3n) is 2.46. The molecule has 1 atom stereocenters. The molecule has 1 rings (SSSR count). The van der Waals surface area contributed by atoms with Crippen LogP contribution < -0.4 is 5.32 Å². The molecule has 0 spiro atoms. The number of likely N-dealkylation sites (N-methyl/N-ethyl adjacent to an activating group) is 1. The Hall–Kier alpha value is -0.600. The fraction of sp³-hybridized carbons (Fsp3) is 0.727. The minimum Gasteiger partial charge on any atom is -0.370 e. The third kappa shape index (κ3) is 5.12. The minimum atomic E-state index is -4.31. The van der Waals surface area contributed by atoms with Crippen LogP contribution in [0.5, 0.6) is 0 Å². The molecular weight excluding hydrogens is 327 g/mol. The lowest BCUT2D eigenvalue weighted by Crippen LogP contribution is -2.30. The van der Waals surface area contributed by atoms with Crippen LogP contribution in [-0.4, -0.2) is 35.7 Å². The standard InChI is InChI=1S/C11H17BrF3N3O/c1-3-16-9(6-19-7-11(13,14)15)10-8(12)5-17-18(10)4-2/h5,9,16H,3-4,6-7H2,1-2H3. The molecule has 1 N–H and O–H groups in total. The van der Waals surface area contributed by atoms with Crippen molar-refractivity contribution in [2.24, 2.45) is 0 Å². The van der Waals surface area contributed by atoms with Gasteiger partial charge in [-0.2, -0.15) is 18.3 Å². The predicted molar refractivity (Wildman–Crippen MR) is 68.9 cm³/mol. The average molecular weight is 344 g/mol. The van der Waals surface area contributed by atoms with Gasteiger partial charge in [0, 0.05) is 6.54 Å². The maximum Gasteiger partial charge on any atom is 0.411 e. The van der Waals surface area contributed by atoms with E-state index in [-0.39, 0.29) is 12.6 Å². The van der Waals surface area contributed by atoms with Gasteiger partial charge in [-0.05, 0) is 29.4 Å². The van der Waals surface area contributed by atoms with Gasteiger partial charge in [-0.15, -0.1) is 0 Å².